The number of halogens is 2. The number of benzene rings is 2. The van der Waals surface area contributed by atoms with Gasteiger partial charge < -0.3 is 14.4 Å². The quantitative estimate of drug-likeness (QED) is 0.381. The third-order valence-electron chi connectivity index (χ3n) is 5.55. The Morgan fingerprint density at radius 1 is 1.21 bits per heavy atom. The monoisotopic (exact) mass is 482 g/mol. The second kappa shape index (κ2) is 10.2. The molecule has 2 aromatic carbocycles. The van der Waals surface area contributed by atoms with Crippen LogP contribution in [-0.4, -0.2) is 53.3 Å². The van der Waals surface area contributed by atoms with Crippen LogP contribution in [0.4, 0.5) is 4.39 Å². The highest BCUT2D eigenvalue weighted by Crippen LogP contribution is 2.37. The van der Waals surface area contributed by atoms with Crippen molar-refractivity contribution < 1.29 is 18.7 Å². The molecule has 34 heavy (non-hydrogen) atoms. The average Bonchev–Trinajstić information content (AvgIpc) is 3.26. The van der Waals surface area contributed by atoms with Gasteiger partial charge in [-0.05, 0) is 48.9 Å². The molecular formula is C25H24ClFN4O3. The highest BCUT2D eigenvalue weighted by Gasteiger charge is 2.19. The van der Waals surface area contributed by atoms with Gasteiger partial charge in [-0.15, -0.1) is 0 Å². The van der Waals surface area contributed by atoms with Gasteiger partial charge in [-0.1, -0.05) is 11.6 Å². The van der Waals surface area contributed by atoms with Crippen molar-refractivity contribution in [3.05, 3.63) is 76.5 Å². The van der Waals surface area contributed by atoms with E-state index in [1.54, 1.807) is 38.7 Å². The van der Waals surface area contributed by atoms with Crippen LogP contribution in [0.2, 0.25) is 5.02 Å². The summed E-state index contributed by atoms with van der Waals surface area (Å²) in [6, 6.07) is 9.51. The SMILES string of the molecule is COCCN(C)C(=O)c1ccc(F)c(-c2cc(Cl)c(C)cc2OCc2n[nH]c3cnccc23)c1. The maximum atomic E-state index is 15.0. The maximum absolute atomic E-state index is 15.0. The standard InChI is InChI=1S/C25H24ClFN4O3/c1-15-10-24(34-14-23-17-6-7-28-13-22(17)29-30-23)19(12-20(15)26)18-11-16(4-5-21(18)27)25(32)31(2)8-9-33-3/h4-7,10-13H,8-9,14H2,1-3H3,(H,29,30). The van der Waals surface area contributed by atoms with Crippen LogP contribution in [0, 0.1) is 12.7 Å². The molecule has 0 atom stereocenters. The van der Waals surface area contributed by atoms with Gasteiger partial charge in [0.25, 0.3) is 5.91 Å². The van der Waals surface area contributed by atoms with Crippen LogP contribution in [0.15, 0.2) is 48.8 Å². The van der Waals surface area contributed by atoms with E-state index in [9.17, 15) is 9.18 Å². The van der Waals surface area contributed by atoms with Gasteiger partial charge in [-0.25, -0.2) is 4.39 Å². The Morgan fingerprint density at radius 2 is 2.03 bits per heavy atom. The number of hydrogen-bond acceptors (Lipinski definition) is 5. The van der Waals surface area contributed by atoms with Crippen molar-refractivity contribution in [2.24, 2.45) is 0 Å². The van der Waals surface area contributed by atoms with Gasteiger partial charge in [-0.3, -0.25) is 14.9 Å². The molecule has 0 bridgehead atoms. The zero-order valence-corrected chi connectivity index (χ0v) is 19.8. The van der Waals surface area contributed by atoms with Gasteiger partial charge in [-0.2, -0.15) is 5.10 Å². The summed E-state index contributed by atoms with van der Waals surface area (Å²) in [5.74, 6) is -0.295. The molecule has 0 aliphatic carbocycles. The fourth-order valence-corrected chi connectivity index (χ4v) is 3.74. The largest absolute Gasteiger partial charge is 0.487 e. The normalized spacial score (nSPS) is 11.1. The number of aryl methyl sites for hydroxylation is 1. The average molecular weight is 483 g/mol. The Kier molecular flexibility index (Phi) is 7.09. The Morgan fingerprint density at radius 3 is 2.82 bits per heavy atom. The predicted octanol–water partition coefficient (Wildman–Crippen LogP) is 5.02. The van der Waals surface area contributed by atoms with E-state index in [4.69, 9.17) is 21.1 Å². The molecule has 0 saturated heterocycles. The highest BCUT2D eigenvalue weighted by molar-refractivity contribution is 6.31. The fraction of sp³-hybridized carbons (Fsp3) is 0.240. The predicted molar refractivity (Wildman–Crippen MR) is 129 cm³/mol. The molecule has 4 aromatic rings. The molecule has 0 aliphatic rings. The smallest absolute Gasteiger partial charge is 0.253 e. The molecule has 176 valence electrons. The number of ether oxygens (including phenoxy) is 2. The van der Waals surface area contributed by atoms with Crippen LogP contribution in [0.3, 0.4) is 0 Å². The topological polar surface area (TPSA) is 80.3 Å². The summed E-state index contributed by atoms with van der Waals surface area (Å²) in [7, 11) is 3.24. The number of nitrogens with one attached hydrogen (secondary N) is 1. The van der Waals surface area contributed by atoms with Gasteiger partial charge in [0, 0.05) is 54.0 Å². The summed E-state index contributed by atoms with van der Waals surface area (Å²) in [5, 5.41) is 8.58. The van der Waals surface area contributed by atoms with Gasteiger partial charge in [0.2, 0.25) is 0 Å². The third-order valence-corrected chi connectivity index (χ3v) is 5.96. The van der Waals surface area contributed by atoms with Crippen molar-refractivity contribution in [3.8, 4) is 16.9 Å². The summed E-state index contributed by atoms with van der Waals surface area (Å²) >= 11 is 6.38. The van der Waals surface area contributed by atoms with E-state index < -0.39 is 5.82 Å². The van der Waals surface area contributed by atoms with Crippen molar-refractivity contribution in [2.45, 2.75) is 13.5 Å². The van der Waals surface area contributed by atoms with Crippen LogP contribution in [-0.2, 0) is 11.3 Å². The minimum atomic E-state index is -0.489. The second-order valence-corrected chi connectivity index (χ2v) is 8.30. The Hall–Kier alpha value is -3.49. The Balaban J connectivity index is 1.69. The molecule has 0 fully saturated rings. The van der Waals surface area contributed by atoms with Gasteiger partial charge in [0.1, 0.15) is 23.9 Å². The molecule has 0 radical (unpaired) electrons. The number of amides is 1. The summed E-state index contributed by atoms with van der Waals surface area (Å²) in [6.07, 6.45) is 3.37. The van der Waals surface area contributed by atoms with Crippen LogP contribution >= 0.6 is 11.6 Å². The molecule has 2 aromatic heterocycles. The molecule has 9 heteroatoms. The van der Waals surface area contributed by atoms with E-state index in [1.165, 1.54) is 23.1 Å². The van der Waals surface area contributed by atoms with Gasteiger partial charge in [0.05, 0.1) is 18.3 Å². The first-order valence-corrected chi connectivity index (χ1v) is 11.0. The number of nitrogens with zero attached hydrogens (tertiary/aromatic N) is 3. The molecule has 0 aliphatic heterocycles. The second-order valence-electron chi connectivity index (χ2n) is 7.89. The summed E-state index contributed by atoms with van der Waals surface area (Å²) in [4.78, 5) is 18.4. The van der Waals surface area contributed by atoms with Crippen molar-refractivity contribution in [3.63, 3.8) is 0 Å². The zero-order chi connectivity index (χ0) is 24.2. The summed E-state index contributed by atoms with van der Waals surface area (Å²) in [5.41, 5.74) is 3.29. The lowest BCUT2D eigenvalue weighted by Gasteiger charge is -2.18. The summed E-state index contributed by atoms with van der Waals surface area (Å²) in [6.45, 7) is 2.81. The number of methoxy groups -OCH3 is 1. The maximum Gasteiger partial charge on any atom is 0.253 e. The molecule has 1 amide bonds. The van der Waals surface area contributed by atoms with E-state index in [-0.39, 0.29) is 18.1 Å². The number of aromatic nitrogens is 3. The number of fused-ring (bicyclic) bond motifs is 1. The first-order valence-electron chi connectivity index (χ1n) is 10.6. The number of carbonyl (C=O) groups excluding carboxylic acids is 1. The van der Waals surface area contributed by atoms with Crippen LogP contribution in [0.5, 0.6) is 5.75 Å². The van der Waals surface area contributed by atoms with Crippen LogP contribution in [0.1, 0.15) is 21.6 Å². The number of aromatic amines is 1. The van der Waals surface area contributed by atoms with Crippen molar-refractivity contribution in [2.75, 3.05) is 27.3 Å². The number of H-pyrrole nitrogens is 1. The minimum Gasteiger partial charge on any atom is -0.487 e. The number of pyridine rings is 1. The van der Waals surface area contributed by atoms with E-state index in [1.807, 2.05) is 13.0 Å². The highest BCUT2D eigenvalue weighted by atomic mass is 35.5. The number of likely N-dealkylation sites (N-methyl/N-ethyl adjacent to an activating group) is 1. The number of rotatable bonds is 8. The van der Waals surface area contributed by atoms with E-state index in [2.05, 4.69) is 15.2 Å². The fourth-order valence-electron chi connectivity index (χ4n) is 3.58. The molecule has 0 saturated carbocycles. The molecule has 4 rings (SSSR count). The lowest BCUT2D eigenvalue weighted by molar-refractivity contribution is 0.0744. The zero-order valence-electron chi connectivity index (χ0n) is 19.1. The van der Waals surface area contributed by atoms with Crippen molar-refractivity contribution in [1.82, 2.24) is 20.1 Å². The molecule has 2 heterocycles. The van der Waals surface area contributed by atoms with Gasteiger partial charge in [0.15, 0.2) is 0 Å². The number of carbonyl (C=O) groups is 1. The molecular weight excluding hydrogens is 459 g/mol. The number of hydrogen-bond donors (Lipinski definition) is 1. The van der Waals surface area contributed by atoms with Crippen molar-refractivity contribution >= 4 is 28.4 Å². The van der Waals surface area contributed by atoms with E-state index >= 15 is 0 Å². The van der Waals surface area contributed by atoms with Crippen molar-refractivity contribution in [1.29, 1.82) is 0 Å². The van der Waals surface area contributed by atoms with Crippen LogP contribution < -0.4 is 4.74 Å². The summed E-state index contributed by atoms with van der Waals surface area (Å²) < 4.78 is 26.1. The molecule has 7 nitrogen and oxygen atoms in total. The Bertz CT molecular complexity index is 1340. The molecule has 0 unspecified atom stereocenters. The lowest BCUT2D eigenvalue weighted by atomic mass is 9.99. The minimum absolute atomic E-state index is 0.151. The molecule has 0 spiro atoms. The first-order chi connectivity index (χ1) is 16.4. The lowest BCUT2D eigenvalue weighted by Crippen LogP contribution is -2.29. The van der Waals surface area contributed by atoms with Crippen LogP contribution in [0.25, 0.3) is 22.0 Å². The van der Waals surface area contributed by atoms with E-state index in [0.29, 0.717) is 40.7 Å². The first kappa shape index (κ1) is 23.7. The van der Waals surface area contributed by atoms with E-state index in [0.717, 1.165) is 16.5 Å². The van der Waals surface area contributed by atoms with Gasteiger partial charge >= 0.3 is 0 Å². The third kappa shape index (κ3) is 4.88. The Labute approximate surface area is 201 Å². The molecule has 1 N–H and O–H groups in total.